The molecule has 0 aliphatic heterocycles. The zero-order chi connectivity index (χ0) is 16.1. The molecule has 0 fully saturated rings. The average molecular weight is 295 g/mol. The summed E-state index contributed by atoms with van der Waals surface area (Å²) < 4.78 is 5.11. The smallest absolute Gasteiger partial charge is 0.161 e. The van der Waals surface area contributed by atoms with Crippen LogP contribution in [0.3, 0.4) is 0 Å². The Bertz CT molecular complexity index is 746. The van der Waals surface area contributed by atoms with Gasteiger partial charge in [-0.2, -0.15) is 5.26 Å². The number of nitrogens with zero attached hydrogens (tertiary/aromatic N) is 3. The summed E-state index contributed by atoms with van der Waals surface area (Å²) in [4.78, 5) is 6.08. The van der Waals surface area contributed by atoms with Crippen LogP contribution in [0.15, 0.2) is 41.4 Å². The Labute approximate surface area is 129 Å². The lowest BCUT2D eigenvalue weighted by molar-refractivity contribution is 0.373. The fourth-order valence-electron chi connectivity index (χ4n) is 1.95. The van der Waals surface area contributed by atoms with Crippen molar-refractivity contribution in [3.63, 3.8) is 0 Å². The zero-order valence-corrected chi connectivity index (χ0v) is 12.7. The van der Waals surface area contributed by atoms with E-state index < -0.39 is 0 Å². The number of benzene rings is 2. The highest BCUT2D eigenvalue weighted by Gasteiger charge is 2.07. The van der Waals surface area contributed by atoms with Gasteiger partial charge in [0.2, 0.25) is 0 Å². The van der Waals surface area contributed by atoms with E-state index in [0.29, 0.717) is 17.0 Å². The molecule has 0 heterocycles. The third-order valence-corrected chi connectivity index (χ3v) is 3.06. The molecule has 0 saturated carbocycles. The first-order valence-electron chi connectivity index (χ1n) is 6.67. The minimum Gasteiger partial charge on any atom is -0.504 e. The molecule has 112 valence electrons. The zero-order valence-electron chi connectivity index (χ0n) is 12.7. The van der Waals surface area contributed by atoms with E-state index in [1.807, 2.05) is 20.2 Å². The van der Waals surface area contributed by atoms with E-state index in [9.17, 15) is 10.4 Å². The molecular weight excluding hydrogens is 278 g/mol. The van der Waals surface area contributed by atoms with E-state index in [0.717, 1.165) is 11.1 Å². The Morgan fingerprint density at radius 3 is 2.50 bits per heavy atom. The van der Waals surface area contributed by atoms with Crippen LogP contribution in [0.2, 0.25) is 0 Å². The molecule has 0 amide bonds. The van der Waals surface area contributed by atoms with Crippen LogP contribution < -0.4 is 4.74 Å². The second kappa shape index (κ2) is 6.64. The third kappa shape index (κ3) is 3.36. The van der Waals surface area contributed by atoms with Gasteiger partial charge in [-0.3, -0.25) is 0 Å². The summed E-state index contributed by atoms with van der Waals surface area (Å²) in [6, 6.07) is 12.7. The predicted molar refractivity (Wildman–Crippen MR) is 86.6 cm³/mol. The van der Waals surface area contributed by atoms with Crippen LogP contribution in [0, 0.1) is 11.3 Å². The highest BCUT2D eigenvalue weighted by molar-refractivity contribution is 5.73. The monoisotopic (exact) mass is 295 g/mol. The Balaban J connectivity index is 2.44. The van der Waals surface area contributed by atoms with Crippen LogP contribution in [-0.4, -0.2) is 37.6 Å². The lowest BCUT2D eigenvalue weighted by Crippen LogP contribution is -2.07. The van der Waals surface area contributed by atoms with Gasteiger partial charge in [0.1, 0.15) is 6.07 Å². The molecule has 0 unspecified atom stereocenters. The van der Waals surface area contributed by atoms with Crippen molar-refractivity contribution in [1.82, 2.24) is 4.90 Å². The van der Waals surface area contributed by atoms with E-state index in [1.54, 1.807) is 41.6 Å². The molecular formula is C17H17N3O2. The van der Waals surface area contributed by atoms with Gasteiger partial charge in [0.15, 0.2) is 11.5 Å². The molecule has 2 rings (SSSR count). The normalized spacial score (nSPS) is 10.5. The highest BCUT2D eigenvalue weighted by Crippen LogP contribution is 2.33. The van der Waals surface area contributed by atoms with Gasteiger partial charge in [0.25, 0.3) is 0 Å². The number of aliphatic imine (C=N–C) groups is 1. The van der Waals surface area contributed by atoms with Gasteiger partial charge >= 0.3 is 0 Å². The number of hydrogen-bond acceptors (Lipinski definition) is 4. The molecule has 0 aliphatic carbocycles. The second-order valence-electron chi connectivity index (χ2n) is 4.94. The summed E-state index contributed by atoms with van der Waals surface area (Å²) in [5.74, 6) is 0.477. The van der Waals surface area contributed by atoms with Crippen molar-refractivity contribution in [2.45, 2.75) is 0 Å². The van der Waals surface area contributed by atoms with Crippen LogP contribution in [0.5, 0.6) is 11.5 Å². The minimum atomic E-state index is 0.0824. The number of phenolic OH excluding ortho intramolecular Hbond substituents is 1. The van der Waals surface area contributed by atoms with Gasteiger partial charge in [0.05, 0.1) is 24.7 Å². The quantitative estimate of drug-likeness (QED) is 0.695. The maximum atomic E-state index is 9.65. The van der Waals surface area contributed by atoms with Crippen LogP contribution in [0.25, 0.3) is 11.1 Å². The number of rotatable bonds is 4. The van der Waals surface area contributed by atoms with E-state index in [1.165, 1.54) is 7.11 Å². The lowest BCUT2D eigenvalue weighted by Gasteiger charge is -2.08. The Kier molecular flexibility index (Phi) is 4.64. The summed E-state index contributed by atoms with van der Waals surface area (Å²) in [5, 5.41) is 18.9. The van der Waals surface area contributed by atoms with E-state index in [-0.39, 0.29) is 5.75 Å². The van der Waals surface area contributed by atoms with E-state index in [2.05, 4.69) is 11.1 Å². The fourth-order valence-corrected chi connectivity index (χ4v) is 1.95. The molecule has 0 bridgehead atoms. The number of aromatic hydroxyl groups is 1. The molecule has 0 radical (unpaired) electrons. The molecule has 2 aromatic rings. The Morgan fingerprint density at radius 2 is 1.86 bits per heavy atom. The van der Waals surface area contributed by atoms with E-state index >= 15 is 0 Å². The van der Waals surface area contributed by atoms with Crippen molar-refractivity contribution < 1.29 is 9.84 Å². The standard InChI is InChI=1S/C17H17N3O2/c1-20(2)11-19-15-6-4-12(8-14(15)10-18)13-5-7-16(21)17(9-13)22-3/h4-9,11,21H,1-3H3. The van der Waals surface area contributed by atoms with Crippen molar-refractivity contribution >= 4 is 12.0 Å². The van der Waals surface area contributed by atoms with Gasteiger partial charge in [0, 0.05) is 14.1 Å². The lowest BCUT2D eigenvalue weighted by atomic mass is 10.0. The van der Waals surface area contributed by atoms with Crippen molar-refractivity contribution in [3.8, 4) is 28.7 Å². The SMILES string of the molecule is COc1cc(-c2ccc(N=CN(C)C)c(C#N)c2)ccc1O. The van der Waals surface area contributed by atoms with Gasteiger partial charge in [-0.25, -0.2) is 4.99 Å². The van der Waals surface area contributed by atoms with Crippen molar-refractivity contribution in [3.05, 3.63) is 42.0 Å². The summed E-state index contributed by atoms with van der Waals surface area (Å²) >= 11 is 0. The van der Waals surface area contributed by atoms with Crippen molar-refractivity contribution in [1.29, 1.82) is 5.26 Å². The topological polar surface area (TPSA) is 68.8 Å². The Hall–Kier alpha value is -3.00. The summed E-state index contributed by atoms with van der Waals surface area (Å²) in [5.41, 5.74) is 2.82. The molecule has 0 saturated heterocycles. The molecule has 1 N–H and O–H groups in total. The molecule has 0 aromatic heterocycles. The first-order valence-corrected chi connectivity index (χ1v) is 6.67. The van der Waals surface area contributed by atoms with E-state index in [4.69, 9.17) is 4.74 Å². The highest BCUT2D eigenvalue weighted by atomic mass is 16.5. The molecule has 0 atom stereocenters. The first kappa shape index (κ1) is 15.4. The summed E-state index contributed by atoms with van der Waals surface area (Å²) in [6.45, 7) is 0. The average Bonchev–Trinajstić information content (AvgIpc) is 2.53. The minimum absolute atomic E-state index is 0.0824. The molecule has 22 heavy (non-hydrogen) atoms. The maximum Gasteiger partial charge on any atom is 0.161 e. The predicted octanol–water partition coefficient (Wildman–Crippen LogP) is 3.16. The van der Waals surface area contributed by atoms with Crippen molar-refractivity contribution in [2.24, 2.45) is 4.99 Å². The van der Waals surface area contributed by atoms with Crippen LogP contribution >= 0.6 is 0 Å². The maximum absolute atomic E-state index is 9.65. The summed E-state index contributed by atoms with van der Waals surface area (Å²) in [7, 11) is 5.23. The number of ether oxygens (including phenoxy) is 1. The molecule has 5 nitrogen and oxygen atoms in total. The van der Waals surface area contributed by atoms with Gasteiger partial charge < -0.3 is 14.7 Å². The van der Waals surface area contributed by atoms with Crippen LogP contribution in [0.1, 0.15) is 5.56 Å². The van der Waals surface area contributed by atoms with Crippen LogP contribution in [0.4, 0.5) is 5.69 Å². The Morgan fingerprint density at radius 1 is 1.18 bits per heavy atom. The second-order valence-corrected chi connectivity index (χ2v) is 4.94. The molecule has 2 aromatic carbocycles. The molecule has 5 heteroatoms. The fraction of sp³-hybridized carbons (Fsp3) is 0.176. The number of phenols is 1. The number of nitriles is 1. The molecule has 0 spiro atoms. The summed E-state index contributed by atoms with van der Waals surface area (Å²) in [6.07, 6.45) is 1.65. The van der Waals surface area contributed by atoms with Gasteiger partial charge in [-0.15, -0.1) is 0 Å². The third-order valence-electron chi connectivity index (χ3n) is 3.06. The van der Waals surface area contributed by atoms with Crippen LogP contribution in [-0.2, 0) is 0 Å². The van der Waals surface area contributed by atoms with Gasteiger partial charge in [-0.1, -0.05) is 12.1 Å². The first-order chi connectivity index (χ1) is 10.5. The van der Waals surface area contributed by atoms with Crippen molar-refractivity contribution in [2.75, 3.05) is 21.2 Å². The van der Waals surface area contributed by atoms with Gasteiger partial charge in [-0.05, 0) is 35.4 Å². The largest absolute Gasteiger partial charge is 0.504 e. The molecule has 0 aliphatic rings. The number of methoxy groups -OCH3 is 1. The number of hydrogen-bond donors (Lipinski definition) is 1.